The van der Waals surface area contributed by atoms with E-state index in [0.717, 1.165) is 22.5 Å². The molecular weight excluding hydrogens is 438 g/mol. The monoisotopic (exact) mass is 456 g/mol. The highest BCUT2D eigenvalue weighted by Crippen LogP contribution is 2.26. The Morgan fingerprint density at radius 3 is 2.41 bits per heavy atom. The SMILES string of the molecule is CN(C)S(=O)(=O)c1ccc(C(=O)Nc2ccc3nc(-c4cc(F)ccc4F)[nH]c3c2)cc1. The van der Waals surface area contributed by atoms with E-state index in [0.29, 0.717) is 16.7 Å². The van der Waals surface area contributed by atoms with E-state index in [4.69, 9.17) is 0 Å². The van der Waals surface area contributed by atoms with Crippen molar-refractivity contribution in [2.75, 3.05) is 19.4 Å². The summed E-state index contributed by atoms with van der Waals surface area (Å²) >= 11 is 0. The number of anilines is 1. The molecular formula is C22H18F2N4O3S. The first-order chi connectivity index (χ1) is 15.1. The molecule has 10 heteroatoms. The minimum absolute atomic E-state index is 0.000415. The molecule has 2 N–H and O–H groups in total. The number of rotatable bonds is 5. The van der Waals surface area contributed by atoms with Crippen LogP contribution >= 0.6 is 0 Å². The molecule has 0 spiro atoms. The van der Waals surface area contributed by atoms with E-state index in [1.54, 1.807) is 18.2 Å². The number of fused-ring (bicyclic) bond motifs is 1. The van der Waals surface area contributed by atoms with Crippen molar-refractivity contribution in [3.8, 4) is 11.4 Å². The van der Waals surface area contributed by atoms with Gasteiger partial charge >= 0.3 is 0 Å². The summed E-state index contributed by atoms with van der Waals surface area (Å²) in [5, 5.41) is 2.72. The van der Waals surface area contributed by atoms with Crippen molar-refractivity contribution >= 4 is 32.7 Å². The van der Waals surface area contributed by atoms with Crippen molar-refractivity contribution in [3.63, 3.8) is 0 Å². The number of amides is 1. The van der Waals surface area contributed by atoms with Crippen molar-refractivity contribution in [3.05, 3.63) is 77.9 Å². The molecule has 0 unspecified atom stereocenters. The maximum Gasteiger partial charge on any atom is 0.255 e. The summed E-state index contributed by atoms with van der Waals surface area (Å²) in [5.74, 6) is -1.47. The zero-order chi connectivity index (χ0) is 23.0. The summed E-state index contributed by atoms with van der Waals surface area (Å²) in [6.45, 7) is 0. The van der Waals surface area contributed by atoms with Crippen LogP contribution in [0.15, 0.2) is 65.6 Å². The van der Waals surface area contributed by atoms with Crippen LogP contribution < -0.4 is 5.32 Å². The van der Waals surface area contributed by atoms with Crippen LogP contribution in [0.2, 0.25) is 0 Å². The fourth-order valence-corrected chi connectivity index (χ4v) is 3.99. The summed E-state index contributed by atoms with van der Waals surface area (Å²) < 4.78 is 52.9. The van der Waals surface area contributed by atoms with E-state index < -0.39 is 27.6 Å². The van der Waals surface area contributed by atoms with E-state index in [2.05, 4.69) is 15.3 Å². The van der Waals surface area contributed by atoms with Crippen LogP contribution in [0.3, 0.4) is 0 Å². The molecule has 7 nitrogen and oxygen atoms in total. The molecule has 0 aliphatic rings. The van der Waals surface area contributed by atoms with Crippen LogP contribution in [0.25, 0.3) is 22.4 Å². The number of hydrogen-bond donors (Lipinski definition) is 2. The first-order valence-corrected chi connectivity index (χ1v) is 10.9. The molecule has 164 valence electrons. The second-order valence-electron chi connectivity index (χ2n) is 7.21. The average Bonchev–Trinajstić information content (AvgIpc) is 3.18. The minimum Gasteiger partial charge on any atom is -0.338 e. The predicted molar refractivity (Wildman–Crippen MR) is 117 cm³/mol. The first-order valence-electron chi connectivity index (χ1n) is 9.44. The minimum atomic E-state index is -3.59. The van der Waals surface area contributed by atoms with E-state index in [1.165, 1.54) is 38.4 Å². The summed E-state index contributed by atoms with van der Waals surface area (Å²) in [4.78, 5) is 19.8. The molecule has 4 aromatic rings. The van der Waals surface area contributed by atoms with Gasteiger partial charge in [-0.3, -0.25) is 4.79 Å². The maximum absolute atomic E-state index is 14.0. The van der Waals surface area contributed by atoms with E-state index in [9.17, 15) is 22.0 Å². The third-order valence-electron chi connectivity index (χ3n) is 4.82. The van der Waals surface area contributed by atoms with Gasteiger partial charge in [0.2, 0.25) is 10.0 Å². The fraction of sp³-hybridized carbons (Fsp3) is 0.0909. The number of imidazole rings is 1. The zero-order valence-corrected chi connectivity index (χ0v) is 17.9. The number of nitrogens with one attached hydrogen (secondary N) is 2. The molecule has 1 heterocycles. The number of carbonyl (C=O) groups is 1. The molecule has 1 aromatic heterocycles. The number of aromatic nitrogens is 2. The second-order valence-corrected chi connectivity index (χ2v) is 9.36. The topological polar surface area (TPSA) is 95.2 Å². The van der Waals surface area contributed by atoms with Gasteiger partial charge in [-0.15, -0.1) is 0 Å². The number of H-pyrrole nitrogens is 1. The van der Waals surface area contributed by atoms with Crippen molar-refractivity contribution in [1.29, 1.82) is 0 Å². The third kappa shape index (κ3) is 4.10. The Hall–Kier alpha value is -3.63. The van der Waals surface area contributed by atoms with Crippen LogP contribution in [-0.2, 0) is 10.0 Å². The van der Waals surface area contributed by atoms with Crippen molar-refractivity contribution < 1.29 is 22.0 Å². The Morgan fingerprint density at radius 2 is 1.72 bits per heavy atom. The van der Waals surface area contributed by atoms with Crippen molar-refractivity contribution in [1.82, 2.24) is 14.3 Å². The molecule has 3 aromatic carbocycles. The average molecular weight is 456 g/mol. The molecule has 0 saturated heterocycles. The molecule has 1 amide bonds. The Kier molecular flexibility index (Phi) is 5.49. The molecule has 32 heavy (non-hydrogen) atoms. The van der Waals surface area contributed by atoms with Gasteiger partial charge in [0.15, 0.2) is 0 Å². The Balaban J connectivity index is 1.57. The van der Waals surface area contributed by atoms with Gasteiger partial charge in [-0.25, -0.2) is 26.5 Å². The summed E-state index contributed by atoms with van der Waals surface area (Å²) in [5.41, 5.74) is 1.76. The van der Waals surface area contributed by atoms with Gasteiger partial charge < -0.3 is 10.3 Å². The molecule has 0 fully saturated rings. The fourth-order valence-electron chi connectivity index (χ4n) is 3.09. The zero-order valence-electron chi connectivity index (χ0n) is 17.1. The number of benzene rings is 3. The van der Waals surface area contributed by atoms with Crippen LogP contribution in [0.5, 0.6) is 0 Å². The van der Waals surface area contributed by atoms with Gasteiger partial charge in [0, 0.05) is 25.3 Å². The van der Waals surface area contributed by atoms with Gasteiger partial charge in [0.1, 0.15) is 17.5 Å². The van der Waals surface area contributed by atoms with Gasteiger partial charge in [-0.2, -0.15) is 0 Å². The second kappa shape index (κ2) is 8.13. The van der Waals surface area contributed by atoms with Crippen LogP contribution in [-0.4, -0.2) is 42.7 Å². The summed E-state index contributed by atoms with van der Waals surface area (Å²) in [7, 11) is -0.736. The lowest BCUT2D eigenvalue weighted by molar-refractivity contribution is 0.102. The highest BCUT2D eigenvalue weighted by Gasteiger charge is 2.18. The number of carbonyl (C=O) groups excluding carboxylic acids is 1. The Morgan fingerprint density at radius 1 is 1.00 bits per heavy atom. The normalized spacial score (nSPS) is 11.8. The number of sulfonamides is 1. The van der Waals surface area contributed by atoms with Crippen LogP contribution in [0, 0.1) is 11.6 Å². The lowest BCUT2D eigenvalue weighted by atomic mass is 10.2. The molecule has 0 aliphatic heterocycles. The number of hydrogen-bond acceptors (Lipinski definition) is 4. The van der Waals surface area contributed by atoms with E-state index in [-0.39, 0.29) is 21.8 Å². The van der Waals surface area contributed by atoms with Gasteiger partial charge in [0.05, 0.1) is 21.5 Å². The van der Waals surface area contributed by atoms with Crippen molar-refractivity contribution in [2.24, 2.45) is 0 Å². The molecule has 0 radical (unpaired) electrons. The highest BCUT2D eigenvalue weighted by molar-refractivity contribution is 7.89. The smallest absolute Gasteiger partial charge is 0.255 e. The first kappa shape index (κ1) is 21.6. The largest absolute Gasteiger partial charge is 0.338 e. The van der Waals surface area contributed by atoms with Crippen LogP contribution in [0.4, 0.5) is 14.5 Å². The van der Waals surface area contributed by atoms with E-state index >= 15 is 0 Å². The van der Waals surface area contributed by atoms with E-state index in [1.807, 2.05) is 0 Å². The molecule has 0 aliphatic carbocycles. The summed E-state index contributed by atoms with van der Waals surface area (Å²) in [6, 6.07) is 13.5. The van der Waals surface area contributed by atoms with Crippen molar-refractivity contribution in [2.45, 2.75) is 4.90 Å². The van der Waals surface area contributed by atoms with Gasteiger partial charge in [-0.1, -0.05) is 0 Å². The number of aromatic amines is 1. The quantitative estimate of drug-likeness (QED) is 0.474. The third-order valence-corrected chi connectivity index (χ3v) is 6.65. The molecule has 0 atom stereocenters. The predicted octanol–water partition coefficient (Wildman–Crippen LogP) is 4.01. The molecule has 0 bridgehead atoms. The lowest BCUT2D eigenvalue weighted by Crippen LogP contribution is -2.22. The van der Waals surface area contributed by atoms with Gasteiger partial charge in [0.25, 0.3) is 5.91 Å². The number of nitrogens with zero attached hydrogens (tertiary/aromatic N) is 2. The Labute approximate surface area is 182 Å². The molecule has 4 rings (SSSR count). The molecule has 0 saturated carbocycles. The summed E-state index contributed by atoms with van der Waals surface area (Å²) in [6.07, 6.45) is 0. The van der Waals surface area contributed by atoms with Gasteiger partial charge in [-0.05, 0) is 60.7 Å². The van der Waals surface area contributed by atoms with Crippen LogP contribution in [0.1, 0.15) is 10.4 Å². The number of halogens is 2. The maximum atomic E-state index is 14.0. The lowest BCUT2D eigenvalue weighted by Gasteiger charge is -2.11. The Bertz CT molecular complexity index is 1430. The highest BCUT2D eigenvalue weighted by atomic mass is 32.2. The standard InChI is InChI=1S/C22H18F2N4O3S/c1-28(2)32(30,31)16-7-3-13(4-8-16)22(29)25-15-6-10-19-20(12-15)27-21(26-19)17-11-14(23)5-9-18(17)24/h3-12H,1-2H3,(H,25,29)(H,26,27).